The SMILES string of the molecule is C=Nc1ccc(-c2ccc(C(O)C(O)C(O)O)c(C)c2)cc1NC. The number of hydrogen-bond donors (Lipinski definition) is 5. The lowest BCUT2D eigenvalue weighted by Crippen LogP contribution is -2.32. The maximum atomic E-state index is 10.1. The maximum absolute atomic E-state index is 10.1. The van der Waals surface area contributed by atoms with E-state index in [1.54, 1.807) is 26.1 Å². The summed E-state index contributed by atoms with van der Waals surface area (Å²) in [6.45, 7) is 5.32. The Labute approximate surface area is 140 Å². The zero-order valence-corrected chi connectivity index (χ0v) is 13.6. The molecule has 6 nitrogen and oxygen atoms in total. The second-order valence-electron chi connectivity index (χ2n) is 5.56. The highest BCUT2D eigenvalue weighted by atomic mass is 16.5. The molecule has 0 heterocycles. The van der Waals surface area contributed by atoms with Crippen LogP contribution in [0.3, 0.4) is 0 Å². The van der Waals surface area contributed by atoms with Crippen molar-refractivity contribution < 1.29 is 20.4 Å². The maximum Gasteiger partial charge on any atom is 0.181 e. The van der Waals surface area contributed by atoms with Crippen LogP contribution in [0.15, 0.2) is 41.4 Å². The molecule has 0 saturated carbocycles. The molecule has 0 fully saturated rings. The quantitative estimate of drug-likeness (QED) is 0.410. The van der Waals surface area contributed by atoms with E-state index < -0.39 is 18.5 Å². The van der Waals surface area contributed by atoms with E-state index in [1.165, 1.54) is 0 Å². The van der Waals surface area contributed by atoms with Gasteiger partial charge >= 0.3 is 0 Å². The average Bonchev–Trinajstić information content (AvgIpc) is 2.59. The number of nitrogens with one attached hydrogen (secondary N) is 1. The summed E-state index contributed by atoms with van der Waals surface area (Å²) in [6.07, 6.45) is -5.04. The summed E-state index contributed by atoms with van der Waals surface area (Å²) in [5, 5.41) is 40.7. The number of rotatable bonds is 6. The van der Waals surface area contributed by atoms with Crippen LogP contribution in [0.2, 0.25) is 0 Å². The van der Waals surface area contributed by atoms with E-state index in [0.29, 0.717) is 5.56 Å². The molecule has 128 valence electrons. The van der Waals surface area contributed by atoms with E-state index in [4.69, 9.17) is 10.2 Å². The minimum absolute atomic E-state index is 0.442. The van der Waals surface area contributed by atoms with Gasteiger partial charge in [0.25, 0.3) is 0 Å². The van der Waals surface area contributed by atoms with Gasteiger partial charge in [-0.3, -0.25) is 4.99 Å². The molecule has 24 heavy (non-hydrogen) atoms. The van der Waals surface area contributed by atoms with Gasteiger partial charge in [-0.25, -0.2) is 0 Å². The smallest absolute Gasteiger partial charge is 0.181 e. The van der Waals surface area contributed by atoms with Crippen LogP contribution in [0, 0.1) is 6.92 Å². The minimum atomic E-state index is -2.00. The molecule has 2 aromatic rings. The lowest BCUT2D eigenvalue weighted by Gasteiger charge is -2.21. The molecular weight excluding hydrogens is 308 g/mol. The summed E-state index contributed by atoms with van der Waals surface area (Å²) >= 11 is 0. The zero-order chi connectivity index (χ0) is 17.9. The van der Waals surface area contributed by atoms with Crippen LogP contribution in [0.25, 0.3) is 11.1 Å². The first kappa shape index (κ1) is 18.1. The van der Waals surface area contributed by atoms with Crippen LogP contribution < -0.4 is 5.32 Å². The van der Waals surface area contributed by atoms with Gasteiger partial charge in [-0.2, -0.15) is 0 Å². The molecule has 0 aliphatic heterocycles. The third kappa shape index (κ3) is 3.63. The Morgan fingerprint density at radius 3 is 2.17 bits per heavy atom. The third-order valence-corrected chi connectivity index (χ3v) is 3.99. The van der Waals surface area contributed by atoms with Crippen molar-refractivity contribution in [3.8, 4) is 11.1 Å². The number of hydrogen-bond acceptors (Lipinski definition) is 6. The molecular formula is C18H22N2O4. The topological polar surface area (TPSA) is 105 Å². The zero-order valence-electron chi connectivity index (χ0n) is 13.6. The molecule has 0 amide bonds. The van der Waals surface area contributed by atoms with Gasteiger partial charge in [0.15, 0.2) is 6.29 Å². The van der Waals surface area contributed by atoms with Gasteiger partial charge in [-0.1, -0.05) is 24.3 Å². The van der Waals surface area contributed by atoms with Crippen molar-refractivity contribution in [1.29, 1.82) is 0 Å². The molecule has 0 radical (unpaired) electrons. The fourth-order valence-corrected chi connectivity index (χ4v) is 2.59. The summed E-state index contributed by atoms with van der Waals surface area (Å²) in [4.78, 5) is 3.95. The number of benzene rings is 2. The molecule has 0 aliphatic carbocycles. The number of aryl methyl sites for hydroxylation is 1. The van der Waals surface area contributed by atoms with Crippen LogP contribution in [-0.4, -0.2) is 46.6 Å². The van der Waals surface area contributed by atoms with Crippen LogP contribution in [0.4, 0.5) is 11.4 Å². The molecule has 0 aliphatic rings. The number of aliphatic imine (C=N–C) groups is 1. The molecule has 2 atom stereocenters. The molecule has 0 saturated heterocycles. The largest absolute Gasteiger partial charge is 0.386 e. The lowest BCUT2D eigenvalue weighted by atomic mass is 9.94. The average molecular weight is 330 g/mol. The highest BCUT2D eigenvalue weighted by Gasteiger charge is 2.25. The van der Waals surface area contributed by atoms with E-state index in [9.17, 15) is 10.2 Å². The predicted molar refractivity (Wildman–Crippen MR) is 94.6 cm³/mol. The lowest BCUT2D eigenvalue weighted by molar-refractivity contribution is -0.158. The van der Waals surface area contributed by atoms with Gasteiger partial charge in [0.05, 0.1) is 11.4 Å². The summed E-state index contributed by atoms with van der Waals surface area (Å²) < 4.78 is 0. The van der Waals surface area contributed by atoms with Crippen molar-refractivity contribution in [1.82, 2.24) is 0 Å². The fraction of sp³-hybridized carbons (Fsp3) is 0.278. The van der Waals surface area contributed by atoms with Crippen molar-refractivity contribution in [2.45, 2.75) is 25.4 Å². The van der Waals surface area contributed by atoms with Crippen molar-refractivity contribution in [3.05, 3.63) is 47.5 Å². The first-order valence-electron chi connectivity index (χ1n) is 7.50. The Kier molecular flexibility index (Phi) is 5.69. The second-order valence-corrected chi connectivity index (χ2v) is 5.56. The summed E-state index contributed by atoms with van der Waals surface area (Å²) in [7, 11) is 1.81. The van der Waals surface area contributed by atoms with E-state index in [1.807, 2.05) is 24.3 Å². The normalized spacial score (nSPS) is 13.6. The number of aliphatic hydroxyl groups is 4. The van der Waals surface area contributed by atoms with Gasteiger partial charge in [-0.05, 0) is 48.0 Å². The van der Waals surface area contributed by atoms with Crippen LogP contribution in [0.1, 0.15) is 17.2 Å². The molecule has 2 rings (SSSR count). The number of anilines is 1. The van der Waals surface area contributed by atoms with Crippen molar-refractivity contribution in [2.24, 2.45) is 4.99 Å². The summed E-state index contributed by atoms with van der Waals surface area (Å²) in [5.74, 6) is 0. The molecule has 5 N–H and O–H groups in total. The first-order valence-corrected chi connectivity index (χ1v) is 7.50. The monoisotopic (exact) mass is 330 g/mol. The standard InChI is InChI=1S/C18H22N2O4/c1-10-8-11(4-6-13(10)16(21)17(22)18(23)24)12-5-7-14(19-2)15(9-12)20-3/h4-9,16-18,20-24H,2H2,1,3H3. The predicted octanol–water partition coefficient (Wildman–Crippen LogP) is 1.74. The molecule has 0 spiro atoms. The molecule has 2 unspecified atom stereocenters. The minimum Gasteiger partial charge on any atom is -0.386 e. The molecule has 6 heteroatoms. The number of nitrogens with zero attached hydrogens (tertiary/aromatic N) is 1. The van der Waals surface area contributed by atoms with Gasteiger partial charge in [-0.15, -0.1) is 0 Å². The van der Waals surface area contributed by atoms with Crippen molar-refractivity contribution >= 4 is 18.1 Å². The highest BCUT2D eigenvalue weighted by Crippen LogP contribution is 2.32. The Morgan fingerprint density at radius 2 is 1.62 bits per heavy atom. The van der Waals surface area contributed by atoms with Crippen LogP contribution in [-0.2, 0) is 0 Å². The highest BCUT2D eigenvalue weighted by molar-refractivity contribution is 5.77. The van der Waals surface area contributed by atoms with E-state index in [-0.39, 0.29) is 0 Å². The molecule has 0 aromatic heterocycles. The van der Waals surface area contributed by atoms with Gasteiger partial charge in [0.2, 0.25) is 0 Å². The van der Waals surface area contributed by atoms with Gasteiger partial charge in [0.1, 0.15) is 12.2 Å². The second kappa shape index (κ2) is 7.55. The Bertz CT molecular complexity index is 731. The fourth-order valence-electron chi connectivity index (χ4n) is 2.59. The first-order chi connectivity index (χ1) is 11.4. The van der Waals surface area contributed by atoms with E-state index >= 15 is 0 Å². The van der Waals surface area contributed by atoms with Gasteiger partial charge in [0, 0.05) is 7.05 Å². The van der Waals surface area contributed by atoms with E-state index in [0.717, 1.165) is 28.1 Å². The number of aliphatic hydroxyl groups excluding tert-OH is 3. The van der Waals surface area contributed by atoms with E-state index in [2.05, 4.69) is 17.0 Å². The third-order valence-electron chi connectivity index (χ3n) is 3.99. The summed E-state index contributed by atoms with van der Waals surface area (Å²) in [6, 6.07) is 11.1. The Hall–Kier alpha value is -2.25. The van der Waals surface area contributed by atoms with Crippen molar-refractivity contribution in [3.63, 3.8) is 0 Å². The van der Waals surface area contributed by atoms with Crippen LogP contribution in [0.5, 0.6) is 0 Å². The Morgan fingerprint density at radius 1 is 1.00 bits per heavy atom. The van der Waals surface area contributed by atoms with Crippen molar-refractivity contribution in [2.75, 3.05) is 12.4 Å². The molecule has 0 bridgehead atoms. The van der Waals surface area contributed by atoms with Crippen LogP contribution >= 0.6 is 0 Å². The summed E-state index contributed by atoms with van der Waals surface area (Å²) in [5.41, 5.74) is 4.66. The molecule has 2 aromatic carbocycles. The van der Waals surface area contributed by atoms with Gasteiger partial charge < -0.3 is 25.7 Å². The Balaban J connectivity index is 2.38.